The molecule has 1 heterocycles. The van der Waals surface area contributed by atoms with Crippen molar-refractivity contribution in [3.63, 3.8) is 0 Å². The molecule has 158 valence electrons. The summed E-state index contributed by atoms with van der Waals surface area (Å²) in [5, 5.41) is 10.3. The van der Waals surface area contributed by atoms with Crippen LogP contribution in [0.5, 0.6) is 0 Å². The van der Waals surface area contributed by atoms with Gasteiger partial charge in [0.15, 0.2) is 0 Å². The van der Waals surface area contributed by atoms with Crippen molar-refractivity contribution in [2.24, 2.45) is 5.92 Å². The standard InChI is InChI=1S/C23H28N4O2S/c1-17(2)15-27-16-21(10-11-25-30(28,29)26(3)4)22-9-8-20(13-23(22)27)19-7-5-6-18(12-19)14-24/h5-9,12-13,16-17,25H,10-11,15H2,1-4H3. The van der Waals surface area contributed by atoms with E-state index >= 15 is 0 Å². The van der Waals surface area contributed by atoms with Gasteiger partial charge in [-0.05, 0) is 47.2 Å². The van der Waals surface area contributed by atoms with Gasteiger partial charge in [0.25, 0.3) is 10.2 Å². The molecule has 3 rings (SSSR count). The minimum absolute atomic E-state index is 0.341. The molecule has 0 radical (unpaired) electrons. The molecule has 0 aliphatic heterocycles. The van der Waals surface area contributed by atoms with E-state index in [1.54, 1.807) is 6.07 Å². The fourth-order valence-corrected chi connectivity index (χ4v) is 4.12. The van der Waals surface area contributed by atoms with Gasteiger partial charge in [-0.2, -0.15) is 18.0 Å². The van der Waals surface area contributed by atoms with Gasteiger partial charge in [-0.1, -0.05) is 38.1 Å². The molecule has 0 amide bonds. The maximum absolute atomic E-state index is 12.0. The van der Waals surface area contributed by atoms with Crippen LogP contribution in [0, 0.1) is 17.2 Å². The Balaban J connectivity index is 1.96. The van der Waals surface area contributed by atoms with Crippen LogP contribution in [0.25, 0.3) is 22.0 Å². The second-order valence-electron chi connectivity index (χ2n) is 8.06. The van der Waals surface area contributed by atoms with Crippen molar-refractivity contribution >= 4 is 21.1 Å². The third-order valence-electron chi connectivity index (χ3n) is 5.01. The van der Waals surface area contributed by atoms with Crippen molar-refractivity contribution in [3.8, 4) is 17.2 Å². The first-order chi connectivity index (χ1) is 14.2. The summed E-state index contributed by atoms with van der Waals surface area (Å²) in [5.74, 6) is 0.478. The lowest BCUT2D eigenvalue weighted by Gasteiger charge is -2.11. The van der Waals surface area contributed by atoms with Crippen LogP contribution in [0.4, 0.5) is 0 Å². The van der Waals surface area contributed by atoms with Crippen LogP contribution in [0.2, 0.25) is 0 Å². The molecule has 0 saturated heterocycles. The molecule has 3 aromatic rings. The molecule has 0 aliphatic carbocycles. The number of fused-ring (bicyclic) bond motifs is 1. The molecule has 0 atom stereocenters. The molecule has 1 N–H and O–H groups in total. The lowest BCUT2D eigenvalue weighted by Crippen LogP contribution is -2.36. The fraction of sp³-hybridized carbons (Fsp3) is 0.348. The zero-order chi connectivity index (χ0) is 21.9. The Hall–Kier alpha value is -2.66. The Bertz CT molecular complexity index is 1190. The van der Waals surface area contributed by atoms with Gasteiger partial charge in [0.05, 0.1) is 11.6 Å². The first-order valence-electron chi connectivity index (χ1n) is 10.0. The maximum atomic E-state index is 12.0. The molecule has 6 nitrogen and oxygen atoms in total. The lowest BCUT2D eigenvalue weighted by molar-refractivity contribution is 0.506. The minimum Gasteiger partial charge on any atom is -0.347 e. The molecular formula is C23H28N4O2S. The van der Waals surface area contributed by atoms with Crippen molar-refractivity contribution in [1.29, 1.82) is 5.26 Å². The van der Waals surface area contributed by atoms with Gasteiger partial charge in [-0.15, -0.1) is 0 Å². The summed E-state index contributed by atoms with van der Waals surface area (Å²) in [5.41, 5.74) is 4.94. The molecule has 0 aliphatic rings. The van der Waals surface area contributed by atoms with Crippen LogP contribution in [0.3, 0.4) is 0 Å². The monoisotopic (exact) mass is 424 g/mol. The summed E-state index contributed by atoms with van der Waals surface area (Å²) in [6, 6.07) is 16.1. The second kappa shape index (κ2) is 9.00. The zero-order valence-corrected chi connectivity index (χ0v) is 18.7. The van der Waals surface area contributed by atoms with Crippen molar-refractivity contribution < 1.29 is 8.42 Å². The average Bonchev–Trinajstić information content (AvgIpc) is 3.04. The number of nitriles is 1. The fourth-order valence-electron chi connectivity index (χ4n) is 3.50. The van der Waals surface area contributed by atoms with Gasteiger partial charge in [0.2, 0.25) is 0 Å². The summed E-state index contributed by atoms with van der Waals surface area (Å²) in [4.78, 5) is 0. The zero-order valence-electron chi connectivity index (χ0n) is 17.9. The van der Waals surface area contributed by atoms with Crippen molar-refractivity contribution in [2.45, 2.75) is 26.8 Å². The van der Waals surface area contributed by atoms with E-state index < -0.39 is 10.2 Å². The molecule has 0 bridgehead atoms. The van der Waals surface area contributed by atoms with Gasteiger partial charge in [-0.25, -0.2) is 4.72 Å². The van der Waals surface area contributed by atoms with Crippen LogP contribution in [-0.2, 0) is 23.2 Å². The number of rotatable bonds is 8. The largest absolute Gasteiger partial charge is 0.347 e. The summed E-state index contributed by atoms with van der Waals surface area (Å²) < 4.78 is 30.0. The van der Waals surface area contributed by atoms with Crippen molar-refractivity contribution in [3.05, 3.63) is 59.8 Å². The second-order valence-corrected chi connectivity index (χ2v) is 10.0. The van der Waals surface area contributed by atoms with E-state index in [1.807, 2.05) is 18.2 Å². The third kappa shape index (κ3) is 4.90. The van der Waals surface area contributed by atoms with Gasteiger partial charge >= 0.3 is 0 Å². The molecule has 0 unspecified atom stereocenters. The predicted octanol–water partition coefficient (Wildman–Crippen LogP) is 3.77. The molecule has 30 heavy (non-hydrogen) atoms. The number of benzene rings is 2. The maximum Gasteiger partial charge on any atom is 0.278 e. The summed E-state index contributed by atoms with van der Waals surface area (Å²) in [6.45, 7) is 5.57. The average molecular weight is 425 g/mol. The Morgan fingerprint density at radius 3 is 2.53 bits per heavy atom. The molecular weight excluding hydrogens is 396 g/mol. The van der Waals surface area contributed by atoms with Gasteiger partial charge in [0.1, 0.15) is 0 Å². The van der Waals surface area contributed by atoms with Gasteiger partial charge in [0, 0.05) is 44.3 Å². The molecule has 7 heteroatoms. The SMILES string of the molecule is CC(C)Cn1cc(CCNS(=O)(=O)N(C)C)c2ccc(-c3cccc(C#N)c3)cc21. The van der Waals surface area contributed by atoms with Crippen molar-refractivity contribution in [1.82, 2.24) is 13.6 Å². The Morgan fingerprint density at radius 2 is 1.87 bits per heavy atom. The van der Waals surface area contributed by atoms with E-state index in [-0.39, 0.29) is 0 Å². The first-order valence-corrected chi connectivity index (χ1v) is 11.4. The first kappa shape index (κ1) is 22.0. The van der Waals surface area contributed by atoms with E-state index in [9.17, 15) is 13.7 Å². The summed E-state index contributed by atoms with van der Waals surface area (Å²) in [6.07, 6.45) is 2.74. The minimum atomic E-state index is -3.43. The molecule has 2 aromatic carbocycles. The molecule has 0 saturated carbocycles. The Labute approximate surface area is 178 Å². The Morgan fingerprint density at radius 1 is 1.13 bits per heavy atom. The number of nitrogens with one attached hydrogen (secondary N) is 1. The van der Waals surface area contributed by atoms with E-state index in [1.165, 1.54) is 18.4 Å². The topological polar surface area (TPSA) is 78.1 Å². The number of nitrogens with zero attached hydrogens (tertiary/aromatic N) is 3. The highest BCUT2D eigenvalue weighted by Gasteiger charge is 2.15. The highest BCUT2D eigenvalue weighted by atomic mass is 32.2. The smallest absolute Gasteiger partial charge is 0.278 e. The van der Waals surface area contributed by atoms with Crippen LogP contribution >= 0.6 is 0 Å². The van der Waals surface area contributed by atoms with E-state index in [0.29, 0.717) is 24.4 Å². The van der Waals surface area contributed by atoms with Crippen molar-refractivity contribution in [2.75, 3.05) is 20.6 Å². The molecule has 1 aromatic heterocycles. The quantitative estimate of drug-likeness (QED) is 0.598. The van der Waals surface area contributed by atoms with Crippen LogP contribution < -0.4 is 4.72 Å². The Kier molecular flexibility index (Phi) is 6.61. The number of hydrogen-bond donors (Lipinski definition) is 1. The molecule has 0 spiro atoms. The number of aromatic nitrogens is 1. The van der Waals surface area contributed by atoms with Crippen LogP contribution in [0.15, 0.2) is 48.7 Å². The highest BCUT2D eigenvalue weighted by molar-refractivity contribution is 7.87. The highest BCUT2D eigenvalue weighted by Crippen LogP contribution is 2.29. The van der Waals surface area contributed by atoms with Crippen LogP contribution in [-0.4, -0.2) is 37.9 Å². The van der Waals surface area contributed by atoms with Gasteiger partial charge < -0.3 is 4.57 Å². The molecule has 0 fully saturated rings. The predicted molar refractivity (Wildman–Crippen MR) is 121 cm³/mol. The van der Waals surface area contributed by atoms with E-state index in [0.717, 1.165) is 34.1 Å². The summed E-state index contributed by atoms with van der Waals surface area (Å²) >= 11 is 0. The summed E-state index contributed by atoms with van der Waals surface area (Å²) in [7, 11) is -0.406. The van der Waals surface area contributed by atoms with E-state index in [4.69, 9.17) is 0 Å². The third-order valence-corrected chi connectivity index (χ3v) is 6.54. The van der Waals surface area contributed by atoms with Crippen LogP contribution in [0.1, 0.15) is 25.0 Å². The number of hydrogen-bond acceptors (Lipinski definition) is 3. The van der Waals surface area contributed by atoms with Gasteiger partial charge in [-0.3, -0.25) is 0 Å². The van der Waals surface area contributed by atoms with E-state index in [2.05, 4.69) is 53.6 Å². The lowest BCUT2D eigenvalue weighted by atomic mass is 10.0. The normalized spacial score (nSPS) is 12.0.